The van der Waals surface area contributed by atoms with E-state index in [2.05, 4.69) is 26.3 Å². The van der Waals surface area contributed by atoms with Crippen molar-refractivity contribution in [3.8, 4) is 11.5 Å². The van der Waals surface area contributed by atoms with Crippen LogP contribution in [0.5, 0.6) is 11.5 Å². The van der Waals surface area contributed by atoms with Crippen molar-refractivity contribution in [2.24, 2.45) is 7.05 Å². The Morgan fingerprint density at radius 1 is 1.24 bits per heavy atom. The minimum atomic E-state index is -0.262. The number of hydrogen-bond donors (Lipinski definition) is 1. The van der Waals surface area contributed by atoms with Gasteiger partial charge in [-0.1, -0.05) is 0 Å². The number of nitrogens with zero attached hydrogens (tertiary/aromatic N) is 2. The van der Waals surface area contributed by atoms with Crippen molar-refractivity contribution < 1.29 is 14.3 Å². The van der Waals surface area contributed by atoms with Gasteiger partial charge in [-0.05, 0) is 35.0 Å². The number of carbonyl (C=O) groups excluding carboxylic acids is 1. The number of methoxy groups -OCH3 is 2. The topological polar surface area (TPSA) is 65.4 Å². The number of rotatable bonds is 4. The van der Waals surface area contributed by atoms with Crippen molar-refractivity contribution in [1.29, 1.82) is 0 Å². The number of anilines is 1. The van der Waals surface area contributed by atoms with Crippen LogP contribution in [0.2, 0.25) is 0 Å². The molecule has 0 aliphatic rings. The number of amides is 1. The third-order valence-corrected chi connectivity index (χ3v) is 3.73. The Morgan fingerprint density at radius 3 is 2.24 bits per heavy atom. The van der Waals surface area contributed by atoms with Gasteiger partial charge < -0.3 is 14.8 Å². The van der Waals surface area contributed by atoms with E-state index in [1.165, 1.54) is 14.2 Å². The SMILES string of the molecule is COc1cc(C(=O)Nc2cc(C)nn2C)cc(OC)c1Br. The van der Waals surface area contributed by atoms with Crippen LogP contribution in [0.1, 0.15) is 16.1 Å². The van der Waals surface area contributed by atoms with E-state index < -0.39 is 0 Å². The van der Waals surface area contributed by atoms with Crippen LogP contribution in [-0.4, -0.2) is 29.9 Å². The molecule has 0 aliphatic carbocycles. The second kappa shape index (κ2) is 6.17. The second-order valence-corrected chi connectivity index (χ2v) is 5.24. The fourth-order valence-electron chi connectivity index (χ4n) is 1.92. The van der Waals surface area contributed by atoms with Crippen LogP contribution in [0.15, 0.2) is 22.7 Å². The number of halogens is 1. The summed E-state index contributed by atoms with van der Waals surface area (Å²) in [4.78, 5) is 12.3. The lowest BCUT2D eigenvalue weighted by molar-refractivity contribution is 0.102. The highest BCUT2D eigenvalue weighted by Crippen LogP contribution is 2.35. The molecule has 0 aliphatic heterocycles. The molecule has 21 heavy (non-hydrogen) atoms. The fourth-order valence-corrected chi connectivity index (χ4v) is 2.47. The summed E-state index contributed by atoms with van der Waals surface area (Å²) in [5.74, 6) is 1.42. The molecule has 1 heterocycles. The molecule has 0 saturated heterocycles. The van der Waals surface area contributed by atoms with E-state index in [4.69, 9.17) is 9.47 Å². The van der Waals surface area contributed by atoms with Crippen LogP contribution < -0.4 is 14.8 Å². The molecule has 0 bridgehead atoms. The Balaban J connectivity index is 2.33. The van der Waals surface area contributed by atoms with Gasteiger partial charge in [0, 0.05) is 18.7 Å². The molecule has 0 atom stereocenters. The van der Waals surface area contributed by atoms with E-state index >= 15 is 0 Å². The van der Waals surface area contributed by atoms with Crippen molar-refractivity contribution >= 4 is 27.7 Å². The van der Waals surface area contributed by atoms with Crippen molar-refractivity contribution in [3.63, 3.8) is 0 Å². The van der Waals surface area contributed by atoms with Crippen LogP contribution >= 0.6 is 15.9 Å². The van der Waals surface area contributed by atoms with Gasteiger partial charge >= 0.3 is 0 Å². The van der Waals surface area contributed by atoms with Crippen molar-refractivity contribution in [2.45, 2.75) is 6.92 Å². The van der Waals surface area contributed by atoms with Crippen molar-refractivity contribution in [3.05, 3.63) is 33.9 Å². The van der Waals surface area contributed by atoms with Crippen LogP contribution in [0.3, 0.4) is 0 Å². The smallest absolute Gasteiger partial charge is 0.257 e. The number of hydrogen-bond acceptors (Lipinski definition) is 4. The summed E-state index contributed by atoms with van der Waals surface area (Å²) in [5, 5.41) is 6.99. The number of carbonyl (C=O) groups is 1. The van der Waals surface area contributed by atoms with Crippen molar-refractivity contribution in [2.75, 3.05) is 19.5 Å². The Kier molecular flexibility index (Phi) is 4.52. The number of aryl methyl sites for hydroxylation is 2. The average Bonchev–Trinajstić information content (AvgIpc) is 2.77. The minimum Gasteiger partial charge on any atom is -0.495 e. The molecule has 1 aromatic carbocycles. The van der Waals surface area contributed by atoms with Crippen LogP contribution in [-0.2, 0) is 7.05 Å². The first kappa shape index (κ1) is 15.4. The summed E-state index contributed by atoms with van der Waals surface area (Å²) in [7, 11) is 4.84. The third kappa shape index (κ3) is 3.18. The zero-order chi connectivity index (χ0) is 15.6. The maximum atomic E-state index is 12.3. The van der Waals surface area contributed by atoms with Gasteiger partial charge in [0.1, 0.15) is 21.8 Å². The van der Waals surface area contributed by atoms with Crippen molar-refractivity contribution in [1.82, 2.24) is 9.78 Å². The van der Waals surface area contributed by atoms with Gasteiger partial charge in [0.2, 0.25) is 0 Å². The second-order valence-electron chi connectivity index (χ2n) is 4.44. The van der Waals surface area contributed by atoms with Gasteiger partial charge in [-0.15, -0.1) is 0 Å². The molecule has 1 N–H and O–H groups in total. The fraction of sp³-hybridized carbons (Fsp3) is 0.286. The highest BCUT2D eigenvalue weighted by Gasteiger charge is 2.16. The van der Waals surface area contributed by atoms with Gasteiger partial charge in [0.15, 0.2) is 0 Å². The Morgan fingerprint density at radius 2 is 1.81 bits per heavy atom. The minimum absolute atomic E-state index is 0.262. The van der Waals surface area contributed by atoms with Crippen LogP contribution in [0.4, 0.5) is 5.82 Å². The molecule has 0 spiro atoms. The number of nitrogens with one attached hydrogen (secondary N) is 1. The molecule has 7 heteroatoms. The summed E-state index contributed by atoms with van der Waals surface area (Å²) in [6.45, 7) is 1.86. The highest BCUT2D eigenvalue weighted by atomic mass is 79.9. The Labute approximate surface area is 131 Å². The molecule has 0 fully saturated rings. The zero-order valence-corrected chi connectivity index (χ0v) is 13.8. The van der Waals surface area contributed by atoms with Gasteiger partial charge in [-0.2, -0.15) is 5.10 Å². The molecule has 2 rings (SSSR count). The lowest BCUT2D eigenvalue weighted by Crippen LogP contribution is -2.15. The van der Waals surface area contributed by atoms with E-state index in [0.717, 1.165) is 5.69 Å². The summed E-state index contributed by atoms with van der Waals surface area (Å²) in [6, 6.07) is 5.08. The lowest BCUT2D eigenvalue weighted by Gasteiger charge is -2.11. The number of aromatic nitrogens is 2. The summed E-state index contributed by atoms with van der Waals surface area (Å²) < 4.78 is 12.7. The van der Waals surface area contributed by atoms with Gasteiger partial charge in [-0.25, -0.2) is 0 Å². The van der Waals surface area contributed by atoms with E-state index in [1.807, 2.05) is 6.92 Å². The third-order valence-electron chi connectivity index (χ3n) is 2.95. The molecule has 2 aromatic rings. The van der Waals surface area contributed by atoms with E-state index in [-0.39, 0.29) is 5.91 Å². The predicted octanol–water partition coefficient (Wildman–Crippen LogP) is 2.76. The quantitative estimate of drug-likeness (QED) is 0.917. The summed E-state index contributed by atoms with van der Waals surface area (Å²) >= 11 is 3.37. The first-order valence-corrected chi connectivity index (χ1v) is 6.99. The summed E-state index contributed by atoms with van der Waals surface area (Å²) in [6.07, 6.45) is 0. The maximum Gasteiger partial charge on any atom is 0.257 e. The number of benzene rings is 1. The van der Waals surface area contributed by atoms with Gasteiger partial charge in [0.05, 0.1) is 19.9 Å². The molecule has 1 aromatic heterocycles. The number of ether oxygens (including phenoxy) is 2. The molecule has 0 radical (unpaired) electrons. The van der Waals surface area contributed by atoms with Crippen LogP contribution in [0, 0.1) is 6.92 Å². The summed E-state index contributed by atoms with van der Waals surface area (Å²) in [5.41, 5.74) is 1.27. The zero-order valence-electron chi connectivity index (χ0n) is 12.2. The van der Waals surface area contributed by atoms with E-state index in [1.54, 1.807) is 29.9 Å². The molecule has 1 amide bonds. The normalized spacial score (nSPS) is 10.3. The molecule has 0 saturated carbocycles. The Hall–Kier alpha value is -2.02. The Bertz CT molecular complexity index is 657. The van der Waals surface area contributed by atoms with Crippen LogP contribution in [0.25, 0.3) is 0 Å². The largest absolute Gasteiger partial charge is 0.495 e. The molecule has 0 unspecified atom stereocenters. The molecule has 112 valence electrons. The van der Waals surface area contributed by atoms with Gasteiger partial charge in [0.25, 0.3) is 5.91 Å². The molecular formula is C14H16BrN3O3. The first-order chi connectivity index (χ1) is 9.96. The molecular weight excluding hydrogens is 338 g/mol. The monoisotopic (exact) mass is 353 g/mol. The van der Waals surface area contributed by atoms with Gasteiger partial charge in [-0.3, -0.25) is 9.48 Å². The molecule has 6 nitrogen and oxygen atoms in total. The van der Waals surface area contributed by atoms with E-state index in [9.17, 15) is 4.79 Å². The standard InChI is InChI=1S/C14H16BrN3O3/c1-8-5-12(18(2)17-8)16-14(19)9-6-10(20-3)13(15)11(7-9)21-4/h5-7H,1-4H3,(H,16,19). The van der Waals surface area contributed by atoms with E-state index in [0.29, 0.717) is 27.4 Å². The highest BCUT2D eigenvalue weighted by molar-refractivity contribution is 9.10. The maximum absolute atomic E-state index is 12.3. The average molecular weight is 354 g/mol. The predicted molar refractivity (Wildman–Crippen MR) is 83.1 cm³/mol. The lowest BCUT2D eigenvalue weighted by atomic mass is 10.2. The first-order valence-electron chi connectivity index (χ1n) is 6.19.